The third-order valence-corrected chi connectivity index (χ3v) is 3.68. The summed E-state index contributed by atoms with van der Waals surface area (Å²) in [6.45, 7) is 5.35. The Bertz CT molecular complexity index is 565. The smallest absolute Gasteiger partial charge is 0.269 e. The first kappa shape index (κ1) is 13.5. The maximum absolute atomic E-state index is 11.7. The lowest BCUT2D eigenvalue weighted by Crippen LogP contribution is -2.23. The van der Waals surface area contributed by atoms with Gasteiger partial charge in [0.1, 0.15) is 5.69 Å². The topological polar surface area (TPSA) is 54.0 Å². The molecule has 1 amide bonds. The summed E-state index contributed by atoms with van der Waals surface area (Å²) in [4.78, 5) is 15.8. The zero-order valence-electron chi connectivity index (χ0n) is 11.1. The molecule has 0 aliphatic rings. The number of nitrogens with zero attached hydrogens (tertiary/aromatic N) is 1. The lowest BCUT2D eigenvalue weighted by Gasteiger charge is -2.07. The first-order valence-electron chi connectivity index (χ1n) is 6.20. The quantitative estimate of drug-likeness (QED) is 0.882. The normalized spacial score (nSPS) is 10.2. The van der Waals surface area contributed by atoms with Crippen LogP contribution in [0.4, 0.5) is 5.69 Å². The zero-order valence-corrected chi connectivity index (χ0v) is 11.9. The minimum absolute atomic E-state index is 0.141. The van der Waals surface area contributed by atoms with Crippen molar-refractivity contribution in [3.63, 3.8) is 0 Å². The minimum Gasteiger partial charge on any atom is -0.381 e. The van der Waals surface area contributed by atoms with E-state index in [-0.39, 0.29) is 5.91 Å². The number of amides is 1. The van der Waals surface area contributed by atoms with Gasteiger partial charge < -0.3 is 10.6 Å². The molecule has 2 rings (SSSR count). The summed E-state index contributed by atoms with van der Waals surface area (Å²) in [7, 11) is 0. The largest absolute Gasteiger partial charge is 0.381 e. The second-order valence-corrected chi connectivity index (χ2v) is 4.97. The number of thiophene rings is 1. The Hall–Kier alpha value is -1.88. The molecular formula is C14H17N3OS. The second-order valence-electron chi connectivity index (χ2n) is 4.22. The van der Waals surface area contributed by atoms with Crippen LogP contribution in [0.1, 0.15) is 28.5 Å². The molecule has 0 aliphatic heterocycles. The number of pyridine rings is 1. The van der Waals surface area contributed by atoms with Gasteiger partial charge >= 0.3 is 0 Å². The highest BCUT2D eigenvalue weighted by Crippen LogP contribution is 2.16. The summed E-state index contributed by atoms with van der Waals surface area (Å²) in [6.07, 6.45) is 1.65. The van der Waals surface area contributed by atoms with E-state index in [1.165, 1.54) is 11.1 Å². The van der Waals surface area contributed by atoms with Crippen LogP contribution in [0.15, 0.2) is 29.1 Å². The lowest BCUT2D eigenvalue weighted by atomic mass is 10.2. The van der Waals surface area contributed by atoms with E-state index in [1.54, 1.807) is 23.6 Å². The van der Waals surface area contributed by atoms with Gasteiger partial charge in [-0.25, -0.2) is 0 Å². The van der Waals surface area contributed by atoms with Gasteiger partial charge in [-0.1, -0.05) is 0 Å². The molecule has 19 heavy (non-hydrogen) atoms. The molecule has 0 spiro atoms. The third-order valence-electron chi connectivity index (χ3n) is 2.77. The number of carbonyl (C=O) groups is 1. The molecule has 2 N–H and O–H groups in total. The number of nitrogens with one attached hydrogen (secondary N) is 2. The van der Waals surface area contributed by atoms with Gasteiger partial charge in [-0.15, -0.1) is 0 Å². The molecule has 2 aromatic rings. The molecule has 5 heteroatoms. The molecule has 2 aromatic heterocycles. The highest BCUT2D eigenvalue weighted by atomic mass is 32.1. The molecule has 0 aliphatic carbocycles. The summed E-state index contributed by atoms with van der Waals surface area (Å²) in [5.74, 6) is -0.141. The van der Waals surface area contributed by atoms with Crippen molar-refractivity contribution in [1.82, 2.24) is 10.3 Å². The van der Waals surface area contributed by atoms with Crippen molar-refractivity contribution < 1.29 is 4.79 Å². The Morgan fingerprint density at radius 2 is 2.26 bits per heavy atom. The van der Waals surface area contributed by atoms with Gasteiger partial charge in [0.05, 0.1) is 0 Å². The van der Waals surface area contributed by atoms with Crippen LogP contribution in [-0.4, -0.2) is 17.4 Å². The third kappa shape index (κ3) is 3.54. The van der Waals surface area contributed by atoms with E-state index in [1.807, 2.05) is 13.0 Å². The number of anilines is 1. The number of aromatic nitrogens is 1. The maximum atomic E-state index is 11.7. The van der Waals surface area contributed by atoms with Gasteiger partial charge in [0.2, 0.25) is 0 Å². The van der Waals surface area contributed by atoms with Gasteiger partial charge in [-0.05, 0) is 47.9 Å². The van der Waals surface area contributed by atoms with E-state index in [4.69, 9.17) is 0 Å². The van der Waals surface area contributed by atoms with Gasteiger partial charge in [-0.2, -0.15) is 11.3 Å². The van der Waals surface area contributed by atoms with Gasteiger partial charge in [0, 0.05) is 25.0 Å². The highest BCUT2D eigenvalue weighted by Gasteiger charge is 2.06. The van der Waals surface area contributed by atoms with Crippen molar-refractivity contribution >= 4 is 22.9 Å². The Morgan fingerprint density at radius 3 is 2.95 bits per heavy atom. The average Bonchev–Trinajstić information content (AvgIpc) is 2.82. The molecule has 4 nitrogen and oxygen atoms in total. The Balaban J connectivity index is 2.03. The fourth-order valence-corrected chi connectivity index (χ4v) is 2.54. The molecule has 0 aromatic carbocycles. The van der Waals surface area contributed by atoms with E-state index in [0.717, 1.165) is 12.2 Å². The van der Waals surface area contributed by atoms with E-state index >= 15 is 0 Å². The van der Waals surface area contributed by atoms with Crippen LogP contribution >= 0.6 is 11.3 Å². The first-order chi connectivity index (χ1) is 9.20. The summed E-state index contributed by atoms with van der Waals surface area (Å²) in [5, 5.41) is 10.3. The molecule has 0 fully saturated rings. The number of rotatable bonds is 5. The monoisotopic (exact) mass is 275 g/mol. The average molecular weight is 275 g/mol. The van der Waals surface area contributed by atoms with Crippen LogP contribution in [0.25, 0.3) is 0 Å². The summed E-state index contributed by atoms with van der Waals surface area (Å²) in [6, 6.07) is 3.64. The van der Waals surface area contributed by atoms with Gasteiger partial charge in [-0.3, -0.25) is 9.78 Å². The molecule has 0 saturated heterocycles. The zero-order chi connectivity index (χ0) is 13.7. The van der Waals surface area contributed by atoms with Crippen LogP contribution in [0.5, 0.6) is 0 Å². The van der Waals surface area contributed by atoms with Crippen molar-refractivity contribution in [3.05, 3.63) is 45.9 Å². The van der Waals surface area contributed by atoms with Gasteiger partial charge in [0.15, 0.2) is 0 Å². The molecule has 0 bridgehead atoms. The van der Waals surface area contributed by atoms with Crippen LogP contribution in [0.2, 0.25) is 0 Å². The number of hydrogen-bond donors (Lipinski definition) is 2. The Morgan fingerprint density at radius 1 is 1.42 bits per heavy atom. The molecule has 0 atom stereocenters. The number of aryl methyl sites for hydroxylation is 1. The van der Waals surface area contributed by atoms with Crippen molar-refractivity contribution in [2.75, 3.05) is 11.9 Å². The van der Waals surface area contributed by atoms with Crippen molar-refractivity contribution in [1.29, 1.82) is 0 Å². The molecule has 0 unspecified atom stereocenters. The molecule has 2 heterocycles. The van der Waals surface area contributed by atoms with E-state index in [9.17, 15) is 4.79 Å². The Labute approximate surface area is 116 Å². The summed E-state index contributed by atoms with van der Waals surface area (Å²) in [5.41, 5.74) is 3.91. The maximum Gasteiger partial charge on any atom is 0.269 e. The molecule has 0 saturated carbocycles. The van der Waals surface area contributed by atoms with Gasteiger partial charge in [0.25, 0.3) is 5.91 Å². The Kier molecular flexibility index (Phi) is 4.52. The molecule has 0 radical (unpaired) electrons. The SMILES string of the molecule is CCNC(=O)c1cc(NCc2cscc2C)ccn1. The summed E-state index contributed by atoms with van der Waals surface area (Å²) >= 11 is 1.70. The standard InChI is InChI=1S/C14H17N3OS/c1-3-15-14(18)13-6-12(4-5-16-13)17-7-11-9-19-8-10(11)2/h4-6,8-9H,3,7H2,1-2H3,(H,15,18)(H,16,17). The van der Waals surface area contributed by atoms with E-state index < -0.39 is 0 Å². The van der Waals surface area contributed by atoms with Crippen molar-refractivity contribution in [3.8, 4) is 0 Å². The fourth-order valence-electron chi connectivity index (χ4n) is 1.68. The predicted octanol–water partition coefficient (Wildman–Crippen LogP) is 2.81. The van der Waals surface area contributed by atoms with E-state index in [2.05, 4.69) is 33.3 Å². The first-order valence-corrected chi connectivity index (χ1v) is 7.14. The minimum atomic E-state index is -0.141. The van der Waals surface area contributed by atoms with Crippen molar-refractivity contribution in [2.45, 2.75) is 20.4 Å². The highest BCUT2D eigenvalue weighted by molar-refractivity contribution is 7.08. The number of hydrogen-bond acceptors (Lipinski definition) is 4. The fraction of sp³-hybridized carbons (Fsp3) is 0.286. The van der Waals surface area contributed by atoms with Crippen LogP contribution in [0.3, 0.4) is 0 Å². The van der Waals surface area contributed by atoms with E-state index in [0.29, 0.717) is 12.2 Å². The second kappa shape index (κ2) is 6.33. The predicted molar refractivity (Wildman–Crippen MR) is 78.6 cm³/mol. The lowest BCUT2D eigenvalue weighted by molar-refractivity contribution is 0.0951. The molecule has 100 valence electrons. The van der Waals surface area contributed by atoms with Crippen LogP contribution in [-0.2, 0) is 6.54 Å². The summed E-state index contributed by atoms with van der Waals surface area (Å²) < 4.78 is 0. The van der Waals surface area contributed by atoms with Crippen LogP contribution in [0, 0.1) is 6.92 Å². The van der Waals surface area contributed by atoms with Crippen LogP contribution < -0.4 is 10.6 Å². The van der Waals surface area contributed by atoms with Crippen molar-refractivity contribution in [2.24, 2.45) is 0 Å². The molecular weight excluding hydrogens is 258 g/mol. The number of carbonyl (C=O) groups excluding carboxylic acids is 1.